The maximum absolute atomic E-state index is 13.3. The van der Waals surface area contributed by atoms with Gasteiger partial charge in [-0.3, -0.25) is 9.78 Å². The summed E-state index contributed by atoms with van der Waals surface area (Å²) < 4.78 is 29.7. The van der Waals surface area contributed by atoms with E-state index < -0.39 is 0 Å². The fourth-order valence-corrected chi connectivity index (χ4v) is 4.69. The van der Waals surface area contributed by atoms with E-state index in [2.05, 4.69) is 15.2 Å². The van der Waals surface area contributed by atoms with E-state index in [1.165, 1.54) is 12.1 Å². The quantitative estimate of drug-likeness (QED) is 0.449. The summed E-state index contributed by atoms with van der Waals surface area (Å²) in [6.45, 7) is 3.44. The van der Waals surface area contributed by atoms with Crippen LogP contribution in [0.3, 0.4) is 0 Å². The smallest absolute Gasteiger partial charge is 0.231 e. The molecule has 5 rings (SSSR count). The van der Waals surface area contributed by atoms with Gasteiger partial charge in [0.25, 0.3) is 0 Å². The minimum atomic E-state index is -0.317. The van der Waals surface area contributed by atoms with Crippen molar-refractivity contribution in [3.05, 3.63) is 83.9 Å². The van der Waals surface area contributed by atoms with Crippen LogP contribution >= 0.6 is 0 Å². The van der Waals surface area contributed by atoms with Crippen LogP contribution in [0.1, 0.15) is 36.4 Å². The predicted molar refractivity (Wildman–Crippen MR) is 132 cm³/mol. The lowest BCUT2D eigenvalue weighted by atomic mass is 9.93. The van der Waals surface area contributed by atoms with Gasteiger partial charge in [0.15, 0.2) is 11.5 Å². The SMILES string of the molecule is O=C(NC(c1cccnc1)c1ccc2c(c1)OCO2)C1CCN(CCCOc2ccc(F)cc2)CC1. The van der Waals surface area contributed by atoms with Gasteiger partial charge in [-0.1, -0.05) is 12.1 Å². The van der Waals surface area contributed by atoms with E-state index in [0.717, 1.165) is 50.0 Å². The Bertz CT molecular complexity index is 1150. The number of benzene rings is 2. The number of nitrogens with one attached hydrogen (secondary N) is 1. The fourth-order valence-electron chi connectivity index (χ4n) is 4.69. The number of aromatic nitrogens is 1. The van der Waals surface area contributed by atoms with Crippen LogP contribution in [-0.4, -0.2) is 48.8 Å². The Labute approximate surface area is 210 Å². The molecule has 1 amide bonds. The molecule has 0 aliphatic carbocycles. The van der Waals surface area contributed by atoms with Crippen LogP contribution in [0.25, 0.3) is 0 Å². The van der Waals surface area contributed by atoms with Gasteiger partial charge in [-0.15, -0.1) is 0 Å². The highest BCUT2D eigenvalue weighted by atomic mass is 19.1. The minimum Gasteiger partial charge on any atom is -0.494 e. The average molecular weight is 492 g/mol. The van der Waals surface area contributed by atoms with Crippen molar-refractivity contribution in [3.8, 4) is 17.2 Å². The highest BCUT2D eigenvalue weighted by Crippen LogP contribution is 2.36. The lowest BCUT2D eigenvalue weighted by Gasteiger charge is -2.32. The van der Waals surface area contributed by atoms with Gasteiger partial charge in [-0.2, -0.15) is 0 Å². The number of carbonyl (C=O) groups is 1. The summed E-state index contributed by atoms with van der Waals surface area (Å²) in [5, 5.41) is 3.26. The van der Waals surface area contributed by atoms with Crippen molar-refractivity contribution < 1.29 is 23.4 Å². The molecule has 36 heavy (non-hydrogen) atoms. The van der Waals surface area contributed by atoms with Crippen molar-refractivity contribution >= 4 is 5.91 Å². The Hall–Kier alpha value is -3.65. The minimum absolute atomic E-state index is 0.0371. The number of nitrogens with zero attached hydrogens (tertiary/aromatic N) is 2. The number of fused-ring (bicyclic) bond motifs is 1. The van der Waals surface area contributed by atoms with Crippen LogP contribution in [0.15, 0.2) is 67.0 Å². The summed E-state index contributed by atoms with van der Waals surface area (Å²) in [5.41, 5.74) is 1.85. The molecular weight excluding hydrogens is 461 g/mol. The third-order valence-corrected chi connectivity index (χ3v) is 6.69. The van der Waals surface area contributed by atoms with Crippen LogP contribution in [0.4, 0.5) is 4.39 Å². The maximum atomic E-state index is 13.3. The van der Waals surface area contributed by atoms with E-state index >= 15 is 0 Å². The number of ether oxygens (including phenoxy) is 3. The van der Waals surface area contributed by atoms with Crippen molar-refractivity contribution in [2.75, 3.05) is 33.0 Å². The molecule has 0 bridgehead atoms. The Balaban J connectivity index is 1.13. The summed E-state index contributed by atoms with van der Waals surface area (Å²) in [4.78, 5) is 19.9. The zero-order valence-corrected chi connectivity index (χ0v) is 20.1. The number of rotatable bonds is 9. The second-order valence-corrected chi connectivity index (χ2v) is 9.11. The normalized spacial score (nSPS) is 16.5. The molecule has 1 unspecified atom stereocenters. The molecule has 0 saturated carbocycles. The first kappa shape index (κ1) is 24.1. The van der Waals surface area contributed by atoms with Crippen molar-refractivity contribution in [2.24, 2.45) is 5.92 Å². The standard InChI is InChI=1S/C28H30FN3O4/c29-23-5-7-24(8-6-23)34-16-2-13-32-14-10-20(11-15-32)28(33)31-27(22-3-1-12-30-18-22)21-4-9-25-26(17-21)36-19-35-25/h1,3-9,12,17-18,20,27H,2,10-11,13-16,19H2,(H,31,33). The molecule has 3 heterocycles. The number of carbonyl (C=O) groups excluding carboxylic acids is 1. The average Bonchev–Trinajstić information content (AvgIpc) is 3.39. The second-order valence-electron chi connectivity index (χ2n) is 9.11. The van der Waals surface area contributed by atoms with E-state index in [0.29, 0.717) is 23.9 Å². The van der Waals surface area contributed by atoms with Crippen molar-refractivity contribution in [2.45, 2.75) is 25.3 Å². The van der Waals surface area contributed by atoms with Gasteiger partial charge >= 0.3 is 0 Å². The zero-order valence-electron chi connectivity index (χ0n) is 20.1. The lowest BCUT2D eigenvalue weighted by Crippen LogP contribution is -2.42. The number of pyridine rings is 1. The fraction of sp³-hybridized carbons (Fsp3) is 0.357. The van der Waals surface area contributed by atoms with Crippen LogP contribution in [0, 0.1) is 11.7 Å². The molecule has 1 aromatic heterocycles. The summed E-state index contributed by atoms with van der Waals surface area (Å²) >= 11 is 0. The molecule has 2 aliphatic heterocycles. The Morgan fingerprint density at radius 3 is 2.67 bits per heavy atom. The number of amides is 1. The highest BCUT2D eigenvalue weighted by Gasteiger charge is 2.28. The van der Waals surface area contributed by atoms with E-state index in [1.54, 1.807) is 24.5 Å². The van der Waals surface area contributed by atoms with Gasteiger partial charge in [-0.05, 0) is 85.9 Å². The van der Waals surface area contributed by atoms with Gasteiger partial charge < -0.3 is 24.4 Å². The monoisotopic (exact) mass is 491 g/mol. The van der Waals surface area contributed by atoms with E-state index in [-0.39, 0.29) is 30.5 Å². The number of likely N-dealkylation sites (tertiary alicyclic amines) is 1. The summed E-state index contributed by atoms with van der Waals surface area (Å²) in [7, 11) is 0. The van der Waals surface area contributed by atoms with E-state index in [1.807, 2.05) is 30.3 Å². The zero-order chi connectivity index (χ0) is 24.7. The number of hydrogen-bond donors (Lipinski definition) is 1. The largest absolute Gasteiger partial charge is 0.494 e. The van der Waals surface area contributed by atoms with Crippen LogP contribution in [0.2, 0.25) is 0 Å². The Kier molecular flexibility index (Phi) is 7.61. The van der Waals surface area contributed by atoms with Gasteiger partial charge in [0, 0.05) is 24.9 Å². The number of hydrogen-bond acceptors (Lipinski definition) is 6. The Morgan fingerprint density at radius 2 is 1.89 bits per heavy atom. The third kappa shape index (κ3) is 5.94. The molecule has 7 nitrogen and oxygen atoms in total. The van der Waals surface area contributed by atoms with Crippen LogP contribution in [0.5, 0.6) is 17.2 Å². The first-order chi connectivity index (χ1) is 17.7. The molecule has 3 aromatic rings. The van der Waals surface area contributed by atoms with Gasteiger partial charge in [-0.25, -0.2) is 4.39 Å². The van der Waals surface area contributed by atoms with Gasteiger partial charge in [0.1, 0.15) is 11.6 Å². The topological polar surface area (TPSA) is 72.9 Å². The van der Waals surface area contributed by atoms with Crippen molar-refractivity contribution in [1.82, 2.24) is 15.2 Å². The van der Waals surface area contributed by atoms with Crippen molar-refractivity contribution in [3.63, 3.8) is 0 Å². The van der Waals surface area contributed by atoms with Crippen LogP contribution < -0.4 is 19.5 Å². The second kappa shape index (κ2) is 11.4. The molecule has 2 aromatic carbocycles. The predicted octanol–water partition coefficient (Wildman–Crippen LogP) is 4.34. The van der Waals surface area contributed by atoms with Gasteiger partial charge in [0.05, 0.1) is 12.6 Å². The molecule has 2 aliphatic rings. The molecule has 1 atom stereocenters. The first-order valence-corrected chi connectivity index (χ1v) is 12.4. The lowest BCUT2D eigenvalue weighted by molar-refractivity contribution is -0.127. The summed E-state index contributed by atoms with van der Waals surface area (Å²) in [6, 6.07) is 15.4. The molecule has 1 fully saturated rings. The molecule has 0 radical (unpaired) electrons. The molecular formula is C28H30FN3O4. The maximum Gasteiger partial charge on any atom is 0.231 e. The summed E-state index contributed by atoms with van der Waals surface area (Å²) in [5.74, 6) is 1.83. The molecule has 8 heteroatoms. The number of halogens is 1. The molecule has 0 spiro atoms. The first-order valence-electron chi connectivity index (χ1n) is 12.4. The molecule has 1 saturated heterocycles. The van der Waals surface area contributed by atoms with Crippen molar-refractivity contribution in [1.29, 1.82) is 0 Å². The van der Waals surface area contributed by atoms with Crippen LogP contribution in [-0.2, 0) is 4.79 Å². The van der Waals surface area contributed by atoms with E-state index in [4.69, 9.17) is 14.2 Å². The van der Waals surface area contributed by atoms with E-state index in [9.17, 15) is 9.18 Å². The molecule has 1 N–H and O–H groups in total. The summed E-state index contributed by atoms with van der Waals surface area (Å²) in [6.07, 6.45) is 6.01. The highest BCUT2D eigenvalue weighted by molar-refractivity contribution is 5.79. The third-order valence-electron chi connectivity index (χ3n) is 6.69. The molecule has 188 valence electrons. The number of piperidine rings is 1. The Morgan fingerprint density at radius 1 is 1.08 bits per heavy atom. The van der Waals surface area contributed by atoms with Gasteiger partial charge in [0.2, 0.25) is 12.7 Å².